The van der Waals surface area contributed by atoms with E-state index in [9.17, 15) is 0 Å². The third-order valence-corrected chi connectivity index (χ3v) is 8.37. The van der Waals surface area contributed by atoms with Gasteiger partial charge in [0.2, 0.25) is 0 Å². The summed E-state index contributed by atoms with van der Waals surface area (Å²) in [5.74, 6) is 0. The van der Waals surface area contributed by atoms with Crippen LogP contribution in [-0.2, 0) is 0 Å². The van der Waals surface area contributed by atoms with Crippen LogP contribution < -0.4 is 10.4 Å². The molecule has 7 rings (SSSR count). The number of thioether (sulfide) groups is 1. The zero-order chi connectivity index (χ0) is 27.8. The van der Waals surface area contributed by atoms with Gasteiger partial charge in [0, 0.05) is 38.4 Å². The van der Waals surface area contributed by atoms with Crippen molar-refractivity contribution in [2.45, 2.75) is 4.90 Å². The Bertz CT molecular complexity index is 1920. The fraction of sp³-hybridized carbons (Fsp3) is 0.0270. The number of fused-ring (bicyclic) bond motifs is 3. The minimum absolute atomic E-state index is 0.755. The van der Waals surface area contributed by atoms with E-state index >= 15 is 0 Å². The van der Waals surface area contributed by atoms with Crippen LogP contribution in [0.5, 0.6) is 0 Å². The molecular formula is C37H27BN2S. The highest BCUT2D eigenvalue weighted by atomic mass is 32.2. The van der Waals surface area contributed by atoms with Crippen LogP contribution >= 0.6 is 11.8 Å². The molecule has 6 aromatic carbocycles. The fourth-order valence-electron chi connectivity index (χ4n) is 5.63. The van der Waals surface area contributed by atoms with Crippen molar-refractivity contribution in [3.8, 4) is 16.8 Å². The third-order valence-electron chi connectivity index (χ3n) is 7.63. The lowest BCUT2D eigenvalue weighted by Gasteiger charge is -2.26. The molecule has 0 bridgehead atoms. The first kappa shape index (κ1) is 25.3. The molecular weight excluding hydrogens is 515 g/mol. The molecule has 7 aromatic rings. The highest BCUT2D eigenvalue weighted by Gasteiger charge is 2.14. The summed E-state index contributed by atoms with van der Waals surface area (Å²) in [5, 5.41) is 2.54. The number of para-hydroxylation sites is 2. The van der Waals surface area contributed by atoms with Crippen LogP contribution in [-0.4, -0.2) is 18.7 Å². The number of hydrogen-bond acceptors (Lipinski definition) is 2. The van der Waals surface area contributed by atoms with Crippen LogP contribution in [0.4, 0.5) is 17.1 Å². The molecule has 0 aliphatic heterocycles. The summed E-state index contributed by atoms with van der Waals surface area (Å²) < 4.78 is 2.36. The second kappa shape index (κ2) is 10.7. The Hall–Kier alpha value is -4.67. The Balaban J connectivity index is 1.28. The molecule has 4 heteroatoms. The van der Waals surface area contributed by atoms with E-state index in [0.29, 0.717) is 0 Å². The van der Waals surface area contributed by atoms with Gasteiger partial charge in [-0.2, -0.15) is 0 Å². The van der Waals surface area contributed by atoms with Gasteiger partial charge in [0.25, 0.3) is 0 Å². The predicted molar refractivity (Wildman–Crippen MR) is 178 cm³/mol. The molecule has 0 unspecified atom stereocenters. The molecule has 0 N–H and O–H groups in total. The van der Waals surface area contributed by atoms with Crippen LogP contribution in [0.2, 0.25) is 0 Å². The van der Waals surface area contributed by atoms with Crippen molar-refractivity contribution >= 4 is 63.9 Å². The van der Waals surface area contributed by atoms with E-state index in [-0.39, 0.29) is 0 Å². The molecule has 0 fully saturated rings. The molecule has 0 aliphatic rings. The molecule has 0 aliphatic carbocycles. The first-order valence-corrected chi connectivity index (χ1v) is 14.9. The number of anilines is 3. The number of aromatic nitrogens is 1. The molecule has 2 radical (unpaired) electrons. The standard InChI is InChI=1S/C37H27BN2S/c1-41-33-23-21-31(22-24-33)39(30-19-15-28(38)16-20-30)29-17-13-26(14-18-29)27-7-6-8-32(25-27)40-36-11-4-2-9-34(36)35-10-3-5-12-37(35)40/h2-25H,1H3. The second-order valence-electron chi connectivity index (χ2n) is 10.1. The van der Waals surface area contributed by atoms with Crippen LogP contribution in [0.1, 0.15) is 0 Å². The molecule has 0 atom stereocenters. The van der Waals surface area contributed by atoms with E-state index in [2.05, 4.69) is 149 Å². The maximum Gasteiger partial charge on any atom is 0.113 e. The third kappa shape index (κ3) is 4.71. The van der Waals surface area contributed by atoms with Crippen molar-refractivity contribution in [1.29, 1.82) is 0 Å². The fourth-order valence-corrected chi connectivity index (χ4v) is 6.04. The Morgan fingerprint density at radius 1 is 0.537 bits per heavy atom. The summed E-state index contributed by atoms with van der Waals surface area (Å²) in [7, 11) is 6.01. The van der Waals surface area contributed by atoms with Gasteiger partial charge in [-0.1, -0.05) is 78.3 Å². The van der Waals surface area contributed by atoms with E-state index in [1.54, 1.807) is 11.8 Å². The average molecular weight is 543 g/mol. The molecule has 0 saturated heterocycles. The minimum Gasteiger partial charge on any atom is -0.311 e. The van der Waals surface area contributed by atoms with Gasteiger partial charge in [-0.3, -0.25) is 0 Å². The molecule has 2 nitrogen and oxygen atoms in total. The summed E-state index contributed by atoms with van der Waals surface area (Å²) in [5.41, 5.74) is 9.96. The van der Waals surface area contributed by atoms with Gasteiger partial charge >= 0.3 is 0 Å². The zero-order valence-electron chi connectivity index (χ0n) is 22.7. The summed E-state index contributed by atoms with van der Waals surface area (Å²) in [6.07, 6.45) is 2.10. The second-order valence-corrected chi connectivity index (χ2v) is 11.0. The Morgan fingerprint density at radius 3 is 1.66 bits per heavy atom. The van der Waals surface area contributed by atoms with E-state index in [1.807, 2.05) is 12.1 Å². The molecule has 0 spiro atoms. The largest absolute Gasteiger partial charge is 0.311 e. The molecule has 41 heavy (non-hydrogen) atoms. The van der Waals surface area contributed by atoms with Crippen LogP contribution in [0.25, 0.3) is 38.6 Å². The van der Waals surface area contributed by atoms with Gasteiger partial charge in [0.05, 0.1) is 11.0 Å². The van der Waals surface area contributed by atoms with Crippen molar-refractivity contribution in [2.75, 3.05) is 11.2 Å². The quantitative estimate of drug-likeness (QED) is 0.153. The van der Waals surface area contributed by atoms with Crippen molar-refractivity contribution in [3.63, 3.8) is 0 Å². The first-order chi connectivity index (χ1) is 20.2. The average Bonchev–Trinajstić information content (AvgIpc) is 3.37. The minimum atomic E-state index is 0.755. The van der Waals surface area contributed by atoms with Gasteiger partial charge in [0.15, 0.2) is 0 Å². The lowest BCUT2D eigenvalue weighted by Crippen LogP contribution is -2.11. The molecule has 1 heterocycles. The lowest BCUT2D eigenvalue weighted by atomic mass is 9.96. The van der Waals surface area contributed by atoms with E-state index in [4.69, 9.17) is 7.85 Å². The number of benzene rings is 6. The Morgan fingerprint density at radius 2 is 1.07 bits per heavy atom. The smallest absolute Gasteiger partial charge is 0.113 e. The summed E-state index contributed by atoms with van der Waals surface area (Å²) in [6, 6.07) is 51.6. The predicted octanol–water partition coefficient (Wildman–Crippen LogP) is 9.44. The van der Waals surface area contributed by atoms with Crippen LogP contribution in [0.15, 0.2) is 150 Å². The van der Waals surface area contributed by atoms with E-state index < -0.39 is 0 Å². The molecule has 0 saturated carbocycles. The summed E-state index contributed by atoms with van der Waals surface area (Å²) in [4.78, 5) is 3.51. The zero-order valence-corrected chi connectivity index (χ0v) is 23.6. The van der Waals surface area contributed by atoms with Gasteiger partial charge in [-0.25, -0.2) is 0 Å². The van der Waals surface area contributed by atoms with Gasteiger partial charge < -0.3 is 9.47 Å². The SMILES string of the molecule is [B]c1ccc(N(c2ccc(SC)cc2)c2ccc(-c3cccc(-n4c5ccccc5c5ccccc54)c3)cc2)cc1. The highest BCUT2D eigenvalue weighted by molar-refractivity contribution is 7.98. The van der Waals surface area contributed by atoms with Crippen molar-refractivity contribution in [2.24, 2.45) is 0 Å². The molecule has 0 amide bonds. The monoisotopic (exact) mass is 542 g/mol. The van der Waals surface area contributed by atoms with Crippen molar-refractivity contribution < 1.29 is 0 Å². The van der Waals surface area contributed by atoms with Crippen molar-refractivity contribution in [3.05, 3.63) is 146 Å². The highest BCUT2D eigenvalue weighted by Crippen LogP contribution is 2.37. The summed E-state index contributed by atoms with van der Waals surface area (Å²) in [6.45, 7) is 0. The van der Waals surface area contributed by atoms with Gasteiger partial charge in [0.1, 0.15) is 7.85 Å². The van der Waals surface area contributed by atoms with E-state index in [0.717, 1.165) is 28.2 Å². The first-order valence-electron chi connectivity index (χ1n) is 13.7. The maximum atomic E-state index is 6.01. The number of nitrogens with zero attached hydrogens (tertiary/aromatic N) is 2. The van der Waals surface area contributed by atoms with Gasteiger partial charge in [-0.15, -0.1) is 11.8 Å². The normalized spacial score (nSPS) is 11.2. The Kier molecular flexibility index (Phi) is 6.62. The maximum absolute atomic E-state index is 6.01. The van der Waals surface area contributed by atoms with Gasteiger partial charge in [-0.05, 0) is 90.2 Å². The topological polar surface area (TPSA) is 8.17 Å². The Labute approximate surface area is 246 Å². The summed E-state index contributed by atoms with van der Waals surface area (Å²) >= 11 is 1.75. The van der Waals surface area contributed by atoms with E-state index in [1.165, 1.54) is 37.8 Å². The molecule has 1 aromatic heterocycles. The molecule has 194 valence electrons. The lowest BCUT2D eigenvalue weighted by molar-refractivity contribution is 1.18. The van der Waals surface area contributed by atoms with Crippen molar-refractivity contribution in [1.82, 2.24) is 4.57 Å². The number of hydrogen-bond donors (Lipinski definition) is 0. The number of rotatable bonds is 6. The van der Waals surface area contributed by atoms with Crippen LogP contribution in [0.3, 0.4) is 0 Å². The van der Waals surface area contributed by atoms with Crippen LogP contribution in [0, 0.1) is 0 Å².